The fraction of sp³-hybridized carbons (Fsp3) is 0.286. The molecule has 13 nitrogen and oxygen atoms in total. The number of ether oxygens (including phenoxy) is 2. The Kier molecular flexibility index (Phi) is 5.89. The second-order valence-corrected chi connectivity index (χ2v) is 7.57. The molecule has 4 rings (SSSR count). The van der Waals surface area contributed by atoms with Gasteiger partial charge in [0.2, 0.25) is 23.2 Å². The lowest BCUT2D eigenvalue weighted by Crippen LogP contribution is -2.60. The molecule has 3 aromatic rings. The van der Waals surface area contributed by atoms with E-state index >= 15 is 0 Å². The molecule has 1 aromatic heterocycles. The van der Waals surface area contributed by atoms with Crippen molar-refractivity contribution in [3.05, 3.63) is 34.5 Å². The number of phenols is 5. The number of benzene rings is 2. The predicted molar refractivity (Wildman–Crippen MR) is 111 cm³/mol. The average molecular weight is 480 g/mol. The Hall–Kier alpha value is -3.75. The van der Waals surface area contributed by atoms with Crippen molar-refractivity contribution < 1.29 is 59.8 Å². The summed E-state index contributed by atoms with van der Waals surface area (Å²) in [6.07, 6.45) is -8.64. The summed E-state index contributed by atoms with van der Waals surface area (Å²) in [4.78, 5) is 13.3. The highest BCUT2D eigenvalue weighted by Crippen LogP contribution is 2.43. The number of rotatable bonds is 4. The van der Waals surface area contributed by atoms with E-state index in [1.165, 1.54) is 6.07 Å². The van der Waals surface area contributed by atoms with Crippen LogP contribution in [0.15, 0.2) is 33.5 Å². The molecule has 2 heterocycles. The number of hydrogen-bond acceptors (Lipinski definition) is 13. The van der Waals surface area contributed by atoms with Gasteiger partial charge in [-0.2, -0.15) is 0 Å². The van der Waals surface area contributed by atoms with Crippen molar-refractivity contribution in [2.24, 2.45) is 0 Å². The maximum Gasteiger partial charge on any atom is 0.239 e. The van der Waals surface area contributed by atoms with Gasteiger partial charge in [0.05, 0.1) is 6.61 Å². The third-order valence-corrected chi connectivity index (χ3v) is 5.39. The summed E-state index contributed by atoms with van der Waals surface area (Å²) in [5.74, 6) is -5.12. The van der Waals surface area contributed by atoms with Crippen molar-refractivity contribution in [3.8, 4) is 45.8 Å². The zero-order valence-corrected chi connectivity index (χ0v) is 17.1. The van der Waals surface area contributed by atoms with Gasteiger partial charge in [-0.1, -0.05) is 0 Å². The SMILES string of the molecule is O=c1c(O[C@H]2O[C@H](CO)[C@H](O)[C@@H](O)[C@H]2O)c(-c2ccc(O)c(O)c2)oc2cc(O)c(O)c(O)c12. The summed E-state index contributed by atoms with van der Waals surface area (Å²) in [5.41, 5.74) is -1.56. The first-order valence-electron chi connectivity index (χ1n) is 9.79. The van der Waals surface area contributed by atoms with Gasteiger partial charge in [0.25, 0.3) is 0 Å². The largest absolute Gasteiger partial charge is 0.504 e. The Balaban J connectivity index is 1.94. The quantitative estimate of drug-likeness (QED) is 0.208. The van der Waals surface area contributed by atoms with Gasteiger partial charge in [-0.25, -0.2) is 0 Å². The molecular weight excluding hydrogens is 460 g/mol. The standard InChI is InChI=1S/C21H20O13/c22-5-11-14(27)17(30)18(31)21(33-11)34-20-16(29)12-10(4-9(25)13(26)15(12)28)32-19(20)6-1-2-7(23)8(24)3-6/h1-4,11,14,17-18,21-28,30-31H,5H2/t11-,14+,17-,18-,21-/m1/s1. The van der Waals surface area contributed by atoms with E-state index in [0.29, 0.717) is 0 Å². The number of fused-ring (bicyclic) bond motifs is 1. The number of phenolic OH excluding ortho intramolecular Hbond substituents is 5. The fourth-order valence-corrected chi connectivity index (χ4v) is 3.54. The van der Waals surface area contributed by atoms with Crippen LogP contribution in [0.3, 0.4) is 0 Å². The molecule has 2 aromatic carbocycles. The smallest absolute Gasteiger partial charge is 0.239 e. The van der Waals surface area contributed by atoms with E-state index in [1.807, 2.05) is 0 Å². The van der Waals surface area contributed by atoms with Gasteiger partial charge in [-0.05, 0) is 18.2 Å². The molecule has 34 heavy (non-hydrogen) atoms. The Morgan fingerprint density at radius 2 is 1.56 bits per heavy atom. The molecule has 0 unspecified atom stereocenters. The van der Waals surface area contributed by atoms with Crippen LogP contribution in [0.25, 0.3) is 22.3 Å². The van der Waals surface area contributed by atoms with E-state index in [9.17, 15) is 50.8 Å². The monoisotopic (exact) mass is 480 g/mol. The van der Waals surface area contributed by atoms with Gasteiger partial charge in [0.1, 0.15) is 35.4 Å². The van der Waals surface area contributed by atoms with Crippen molar-refractivity contribution in [1.82, 2.24) is 0 Å². The van der Waals surface area contributed by atoms with Gasteiger partial charge >= 0.3 is 0 Å². The highest BCUT2D eigenvalue weighted by molar-refractivity contribution is 5.91. The van der Waals surface area contributed by atoms with Crippen molar-refractivity contribution in [2.75, 3.05) is 6.61 Å². The number of hydrogen-bond donors (Lipinski definition) is 9. The molecule has 5 atom stereocenters. The van der Waals surface area contributed by atoms with E-state index in [-0.39, 0.29) is 5.56 Å². The van der Waals surface area contributed by atoms with Crippen LogP contribution < -0.4 is 10.2 Å². The van der Waals surface area contributed by atoms with Crippen LogP contribution in [0.1, 0.15) is 0 Å². The molecule has 1 saturated heterocycles. The van der Waals surface area contributed by atoms with E-state index in [1.54, 1.807) is 0 Å². The minimum Gasteiger partial charge on any atom is -0.504 e. The van der Waals surface area contributed by atoms with E-state index in [2.05, 4.69) is 0 Å². The van der Waals surface area contributed by atoms with Gasteiger partial charge in [0, 0.05) is 11.6 Å². The van der Waals surface area contributed by atoms with Gasteiger partial charge < -0.3 is 59.8 Å². The molecule has 0 spiro atoms. The topological polar surface area (TPSA) is 231 Å². The second kappa shape index (κ2) is 8.55. The molecule has 9 N–H and O–H groups in total. The molecule has 13 heteroatoms. The molecule has 1 aliphatic rings. The van der Waals surface area contributed by atoms with Crippen LogP contribution in [0.5, 0.6) is 34.5 Å². The van der Waals surface area contributed by atoms with E-state index < -0.39 is 94.0 Å². The zero-order chi connectivity index (χ0) is 24.9. The van der Waals surface area contributed by atoms with Crippen molar-refractivity contribution >= 4 is 11.0 Å². The first-order valence-corrected chi connectivity index (χ1v) is 9.79. The molecule has 0 radical (unpaired) electrons. The molecule has 0 bridgehead atoms. The van der Waals surface area contributed by atoms with Gasteiger partial charge in [-0.15, -0.1) is 0 Å². The van der Waals surface area contributed by atoms with Crippen molar-refractivity contribution in [2.45, 2.75) is 30.7 Å². The molecule has 1 aliphatic heterocycles. The van der Waals surface area contributed by atoms with Crippen LogP contribution in [-0.2, 0) is 4.74 Å². The Morgan fingerprint density at radius 3 is 2.21 bits per heavy atom. The second-order valence-electron chi connectivity index (χ2n) is 7.57. The lowest BCUT2D eigenvalue weighted by atomic mass is 9.99. The summed E-state index contributed by atoms with van der Waals surface area (Å²) >= 11 is 0. The van der Waals surface area contributed by atoms with Crippen molar-refractivity contribution in [1.29, 1.82) is 0 Å². The van der Waals surface area contributed by atoms with Crippen LogP contribution in [-0.4, -0.2) is 83.3 Å². The first-order chi connectivity index (χ1) is 16.0. The average Bonchev–Trinajstić information content (AvgIpc) is 2.80. The Morgan fingerprint density at radius 1 is 0.853 bits per heavy atom. The lowest BCUT2D eigenvalue weighted by molar-refractivity contribution is -0.277. The van der Waals surface area contributed by atoms with Gasteiger partial charge in [-0.3, -0.25) is 4.79 Å². The summed E-state index contributed by atoms with van der Waals surface area (Å²) < 4.78 is 16.3. The first kappa shape index (κ1) is 23.4. The van der Waals surface area contributed by atoms with Crippen LogP contribution in [0.4, 0.5) is 0 Å². The maximum absolute atomic E-state index is 13.3. The third kappa shape index (κ3) is 3.70. The number of aliphatic hydroxyl groups is 4. The van der Waals surface area contributed by atoms with Gasteiger partial charge in [0.15, 0.2) is 28.8 Å². The lowest BCUT2D eigenvalue weighted by Gasteiger charge is -2.39. The van der Waals surface area contributed by atoms with Crippen LogP contribution >= 0.6 is 0 Å². The van der Waals surface area contributed by atoms with E-state index in [0.717, 1.165) is 18.2 Å². The number of aliphatic hydroxyl groups excluding tert-OH is 4. The molecule has 182 valence electrons. The van der Waals surface area contributed by atoms with Crippen LogP contribution in [0.2, 0.25) is 0 Å². The third-order valence-electron chi connectivity index (χ3n) is 5.39. The van der Waals surface area contributed by atoms with E-state index in [4.69, 9.17) is 13.9 Å². The summed E-state index contributed by atoms with van der Waals surface area (Å²) in [7, 11) is 0. The Bertz CT molecular complexity index is 1300. The highest BCUT2D eigenvalue weighted by atomic mass is 16.7. The van der Waals surface area contributed by atoms with Crippen molar-refractivity contribution in [3.63, 3.8) is 0 Å². The zero-order valence-electron chi connectivity index (χ0n) is 17.1. The molecule has 0 saturated carbocycles. The molecule has 0 aliphatic carbocycles. The highest BCUT2D eigenvalue weighted by Gasteiger charge is 2.45. The fourth-order valence-electron chi connectivity index (χ4n) is 3.54. The summed E-state index contributed by atoms with van der Waals surface area (Å²) in [6, 6.07) is 4.13. The normalized spacial score (nSPS) is 24.9. The molecule has 1 fully saturated rings. The van der Waals surface area contributed by atoms with Crippen LogP contribution in [0, 0.1) is 0 Å². The number of aromatic hydroxyl groups is 5. The minimum absolute atomic E-state index is 0.0408. The molecular formula is C21H20O13. The summed E-state index contributed by atoms with van der Waals surface area (Å²) in [6.45, 7) is -0.774. The maximum atomic E-state index is 13.3. The Labute approximate surface area is 189 Å². The molecule has 0 amide bonds. The minimum atomic E-state index is -1.91. The predicted octanol–water partition coefficient (Wildman–Crippen LogP) is -0.833. The summed E-state index contributed by atoms with van der Waals surface area (Å²) in [5, 5.41) is 88.3.